The van der Waals surface area contributed by atoms with Crippen LogP contribution in [-0.4, -0.2) is 15.6 Å². The third-order valence-electron chi connectivity index (χ3n) is 6.49. The molecule has 0 saturated carbocycles. The number of benzene rings is 3. The molecule has 0 aliphatic carbocycles. The number of nitrogens with zero attached hydrogens (tertiary/aromatic N) is 1. The lowest BCUT2D eigenvalue weighted by molar-refractivity contribution is -0.148. The number of aromatic nitrogens is 1. The summed E-state index contributed by atoms with van der Waals surface area (Å²) in [6.07, 6.45) is 0.848. The van der Waals surface area contributed by atoms with Gasteiger partial charge in [0.05, 0.1) is 5.56 Å². The molecule has 4 rings (SSSR count). The van der Waals surface area contributed by atoms with Crippen molar-refractivity contribution in [1.29, 1.82) is 0 Å². The first kappa shape index (κ1) is 26.1. The van der Waals surface area contributed by atoms with Gasteiger partial charge < -0.3 is 14.4 Å². The number of aliphatic carboxylic acids is 1. The van der Waals surface area contributed by atoms with Crippen LogP contribution in [0.4, 0.5) is 13.2 Å². The fraction of sp³-hybridized carbons (Fsp3) is 0.233. The minimum atomic E-state index is -4.35. The third-order valence-corrected chi connectivity index (χ3v) is 6.49. The molecule has 0 fully saturated rings. The van der Waals surface area contributed by atoms with Gasteiger partial charge in [-0.2, -0.15) is 13.2 Å². The Labute approximate surface area is 214 Å². The molecule has 1 atom stereocenters. The summed E-state index contributed by atoms with van der Waals surface area (Å²) < 4.78 is 46.0. The number of alkyl halides is 3. The Kier molecular flexibility index (Phi) is 7.71. The molecule has 7 heteroatoms. The van der Waals surface area contributed by atoms with E-state index in [1.165, 1.54) is 12.1 Å². The average molecular weight is 508 g/mol. The van der Waals surface area contributed by atoms with Crippen LogP contribution >= 0.6 is 0 Å². The Morgan fingerprint density at radius 1 is 0.838 bits per heavy atom. The van der Waals surface area contributed by atoms with Crippen molar-refractivity contribution >= 4 is 5.97 Å². The fourth-order valence-corrected chi connectivity index (χ4v) is 4.49. The maximum Gasteiger partial charge on any atom is 0.416 e. The number of ether oxygens (including phenoxy) is 1. The van der Waals surface area contributed by atoms with Crippen molar-refractivity contribution in [1.82, 2.24) is 4.57 Å². The van der Waals surface area contributed by atoms with Gasteiger partial charge in [-0.1, -0.05) is 61.9 Å². The number of carbonyl (C=O) groups is 1. The van der Waals surface area contributed by atoms with E-state index in [1.54, 1.807) is 17.0 Å². The van der Waals surface area contributed by atoms with Gasteiger partial charge in [-0.15, -0.1) is 0 Å². The van der Waals surface area contributed by atoms with Crippen LogP contribution in [0.1, 0.15) is 36.5 Å². The fourth-order valence-electron chi connectivity index (χ4n) is 4.49. The summed E-state index contributed by atoms with van der Waals surface area (Å²) in [6.45, 7) is 2.30. The summed E-state index contributed by atoms with van der Waals surface area (Å²) in [5, 5.41) is 10.1. The number of halogens is 3. The largest absolute Gasteiger partial charge is 0.489 e. The van der Waals surface area contributed by atoms with E-state index in [0.717, 1.165) is 35.2 Å². The molecule has 0 amide bonds. The molecular formula is C30H28F3NO3. The van der Waals surface area contributed by atoms with Crippen molar-refractivity contribution in [3.63, 3.8) is 0 Å². The van der Waals surface area contributed by atoms with Gasteiger partial charge in [0, 0.05) is 18.8 Å². The molecule has 1 aromatic heterocycles. The SMILES string of the molecule is CCCC(Cc1ccc(OCc2ccc(-c3ccc(C(F)(F)F)cc3)cc2)cc1)(C(=O)O)n1cccc1. The predicted molar refractivity (Wildman–Crippen MR) is 136 cm³/mol. The van der Waals surface area contributed by atoms with Crippen LogP contribution in [0.15, 0.2) is 97.3 Å². The molecule has 37 heavy (non-hydrogen) atoms. The van der Waals surface area contributed by atoms with E-state index in [0.29, 0.717) is 30.8 Å². The molecule has 1 unspecified atom stereocenters. The van der Waals surface area contributed by atoms with Crippen LogP contribution in [-0.2, 0) is 29.5 Å². The van der Waals surface area contributed by atoms with Crippen molar-refractivity contribution in [2.24, 2.45) is 0 Å². The van der Waals surface area contributed by atoms with Crippen LogP contribution in [0, 0.1) is 0 Å². The van der Waals surface area contributed by atoms with E-state index in [1.807, 2.05) is 67.6 Å². The van der Waals surface area contributed by atoms with Crippen molar-refractivity contribution in [3.8, 4) is 16.9 Å². The zero-order valence-corrected chi connectivity index (χ0v) is 20.4. The first-order valence-corrected chi connectivity index (χ1v) is 12.1. The van der Waals surface area contributed by atoms with E-state index >= 15 is 0 Å². The van der Waals surface area contributed by atoms with Gasteiger partial charge in [-0.3, -0.25) is 0 Å². The van der Waals surface area contributed by atoms with Gasteiger partial charge in [0.1, 0.15) is 17.9 Å². The van der Waals surface area contributed by atoms with Crippen molar-refractivity contribution in [3.05, 3.63) is 114 Å². The molecule has 0 aliphatic heterocycles. The standard InChI is InChI=1S/C30H28F3NO3/c1-2-17-29(28(35)36,34-18-3-4-19-34)20-22-7-15-27(16-8-22)37-21-23-5-9-24(10-6-23)25-11-13-26(14-12-25)30(31,32)33/h3-16,18-19H,2,17,20-21H2,1H3,(H,35,36). The molecule has 0 bridgehead atoms. The van der Waals surface area contributed by atoms with E-state index in [2.05, 4.69) is 0 Å². The lowest BCUT2D eigenvalue weighted by atomic mass is 9.86. The first-order valence-electron chi connectivity index (χ1n) is 12.1. The molecule has 0 spiro atoms. The Bertz CT molecular complexity index is 1300. The Balaban J connectivity index is 1.39. The highest BCUT2D eigenvalue weighted by atomic mass is 19.4. The van der Waals surface area contributed by atoms with Crippen molar-refractivity contribution < 1.29 is 27.8 Å². The van der Waals surface area contributed by atoms with Crippen LogP contribution in [0.2, 0.25) is 0 Å². The highest BCUT2D eigenvalue weighted by Gasteiger charge is 2.39. The molecule has 0 aliphatic rings. The van der Waals surface area contributed by atoms with Crippen molar-refractivity contribution in [2.75, 3.05) is 0 Å². The Morgan fingerprint density at radius 3 is 1.89 bits per heavy atom. The lowest BCUT2D eigenvalue weighted by Gasteiger charge is -2.31. The van der Waals surface area contributed by atoms with E-state index in [4.69, 9.17) is 4.74 Å². The van der Waals surface area contributed by atoms with Gasteiger partial charge in [-0.25, -0.2) is 4.79 Å². The zero-order chi connectivity index (χ0) is 26.5. The maximum atomic E-state index is 12.8. The van der Waals surface area contributed by atoms with Gasteiger partial charge in [0.25, 0.3) is 0 Å². The molecule has 4 aromatic rings. The number of carboxylic acids is 1. The first-order chi connectivity index (χ1) is 17.7. The summed E-state index contributed by atoms with van der Waals surface area (Å²) in [4.78, 5) is 12.3. The quantitative estimate of drug-likeness (QED) is 0.241. The van der Waals surface area contributed by atoms with Crippen LogP contribution < -0.4 is 4.74 Å². The molecular weight excluding hydrogens is 479 g/mol. The lowest BCUT2D eigenvalue weighted by Crippen LogP contribution is -2.43. The molecule has 1 N–H and O–H groups in total. The summed E-state index contributed by atoms with van der Waals surface area (Å²) in [6, 6.07) is 23.7. The Morgan fingerprint density at radius 2 is 1.38 bits per heavy atom. The molecule has 0 radical (unpaired) electrons. The van der Waals surface area contributed by atoms with Crippen LogP contribution in [0.25, 0.3) is 11.1 Å². The molecule has 0 saturated heterocycles. The van der Waals surface area contributed by atoms with E-state index < -0.39 is 23.2 Å². The van der Waals surface area contributed by atoms with Gasteiger partial charge in [0.2, 0.25) is 0 Å². The summed E-state index contributed by atoms with van der Waals surface area (Å²) in [5.74, 6) is -0.196. The highest BCUT2D eigenvalue weighted by molar-refractivity contribution is 5.77. The molecule has 3 aromatic carbocycles. The summed E-state index contributed by atoms with van der Waals surface area (Å²) in [7, 11) is 0. The van der Waals surface area contributed by atoms with Gasteiger partial charge in [-0.05, 0) is 65.1 Å². The average Bonchev–Trinajstić information content (AvgIpc) is 3.43. The number of carboxylic acid groups (broad SMARTS) is 1. The second-order valence-corrected chi connectivity index (χ2v) is 9.06. The van der Waals surface area contributed by atoms with E-state index in [-0.39, 0.29) is 0 Å². The monoisotopic (exact) mass is 507 g/mol. The van der Waals surface area contributed by atoms with E-state index in [9.17, 15) is 23.1 Å². The van der Waals surface area contributed by atoms with Gasteiger partial charge >= 0.3 is 12.1 Å². The number of rotatable bonds is 10. The van der Waals surface area contributed by atoms with Crippen LogP contribution in [0.5, 0.6) is 5.75 Å². The second-order valence-electron chi connectivity index (χ2n) is 9.06. The Hall–Kier alpha value is -4.00. The maximum absolute atomic E-state index is 12.8. The van der Waals surface area contributed by atoms with Crippen molar-refractivity contribution in [2.45, 2.75) is 44.5 Å². The molecule has 192 valence electrons. The molecule has 1 heterocycles. The number of hydrogen-bond donors (Lipinski definition) is 1. The minimum absolute atomic E-state index is 0.324. The topological polar surface area (TPSA) is 51.5 Å². The van der Waals surface area contributed by atoms with Crippen LogP contribution in [0.3, 0.4) is 0 Å². The normalized spacial score (nSPS) is 13.2. The zero-order valence-electron chi connectivity index (χ0n) is 20.4. The highest BCUT2D eigenvalue weighted by Crippen LogP contribution is 2.32. The smallest absolute Gasteiger partial charge is 0.416 e. The minimum Gasteiger partial charge on any atom is -0.489 e. The summed E-state index contributed by atoms with van der Waals surface area (Å²) in [5.41, 5.74) is 1.62. The summed E-state index contributed by atoms with van der Waals surface area (Å²) >= 11 is 0. The van der Waals surface area contributed by atoms with Gasteiger partial charge in [0.15, 0.2) is 0 Å². The number of hydrogen-bond acceptors (Lipinski definition) is 2. The third kappa shape index (κ3) is 6.05. The second kappa shape index (κ2) is 10.9. The molecule has 4 nitrogen and oxygen atoms in total. The predicted octanol–water partition coefficient (Wildman–Crippen LogP) is 7.58.